The van der Waals surface area contributed by atoms with Gasteiger partial charge in [-0.15, -0.1) is 34.8 Å². The Kier molecular flexibility index (Phi) is 2.12. The summed E-state index contributed by atoms with van der Waals surface area (Å²) >= 11 is 30.3. The van der Waals surface area contributed by atoms with Gasteiger partial charge in [-0.1, -0.05) is 23.2 Å². The van der Waals surface area contributed by atoms with Crippen molar-refractivity contribution in [2.45, 2.75) is 28.0 Å². The quantitative estimate of drug-likeness (QED) is 0.580. The first-order valence-electron chi connectivity index (χ1n) is 3.51. The van der Waals surface area contributed by atoms with Crippen LogP contribution in [-0.2, 0) is 0 Å². The molecule has 0 aromatic rings. The van der Waals surface area contributed by atoms with Gasteiger partial charge < -0.3 is 0 Å². The summed E-state index contributed by atoms with van der Waals surface area (Å²) in [5.41, 5.74) is 0. The maximum Gasteiger partial charge on any atom is 0.0997 e. The van der Waals surface area contributed by atoms with E-state index in [1.165, 1.54) is 0 Å². The molecule has 1 unspecified atom stereocenters. The zero-order valence-electron chi connectivity index (χ0n) is 5.88. The van der Waals surface area contributed by atoms with Gasteiger partial charge in [-0.05, 0) is 12.8 Å². The van der Waals surface area contributed by atoms with Crippen LogP contribution in [0.1, 0.15) is 12.8 Å². The molecule has 2 aliphatic carbocycles. The Morgan fingerprint density at radius 1 is 1.00 bits per heavy atom. The van der Waals surface area contributed by atoms with E-state index >= 15 is 0 Å². The fraction of sp³-hybridized carbons (Fsp3) is 0.714. The van der Waals surface area contributed by atoms with Crippen LogP contribution in [0.2, 0.25) is 0 Å². The number of hydrogen-bond donors (Lipinski definition) is 0. The molecule has 0 spiro atoms. The molecule has 0 N–H and O–H groups in total. The highest BCUT2D eigenvalue weighted by Crippen LogP contribution is 2.64. The van der Waals surface area contributed by atoms with Gasteiger partial charge in [0.1, 0.15) is 0 Å². The second-order valence-electron chi connectivity index (χ2n) is 3.22. The summed E-state index contributed by atoms with van der Waals surface area (Å²) in [5.74, 6) is 0. The van der Waals surface area contributed by atoms with Crippen molar-refractivity contribution in [3.8, 4) is 0 Å². The average molecular weight is 266 g/mol. The van der Waals surface area contributed by atoms with Crippen LogP contribution in [-0.4, -0.2) is 15.1 Å². The SMILES string of the molecule is ClC1=C(Cl)[C@@]2(Cl)CC[C@]1(Cl)C2Cl. The number of allylic oxidation sites excluding steroid dienone is 2. The Hall–Kier alpha value is 1.19. The summed E-state index contributed by atoms with van der Waals surface area (Å²) in [6.45, 7) is 0. The Bertz CT molecular complexity index is 247. The van der Waals surface area contributed by atoms with E-state index in [9.17, 15) is 0 Å². The second kappa shape index (κ2) is 2.61. The van der Waals surface area contributed by atoms with Gasteiger partial charge in [-0.2, -0.15) is 0 Å². The Labute approximate surface area is 95.7 Å². The zero-order chi connectivity index (χ0) is 9.15. The fourth-order valence-electron chi connectivity index (χ4n) is 1.79. The van der Waals surface area contributed by atoms with Gasteiger partial charge in [0.25, 0.3) is 0 Å². The van der Waals surface area contributed by atoms with Crippen LogP contribution >= 0.6 is 58.0 Å². The number of halogens is 5. The molecule has 0 aromatic carbocycles. The lowest BCUT2D eigenvalue weighted by Gasteiger charge is -2.20. The lowest BCUT2D eigenvalue weighted by atomic mass is 10.1. The lowest BCUT2D eigenvalue weighted by Crippen LogP contribution is -2.31. The first kappa shape index (κ1) is 9.73. The molecule has 3 atom stereocenters. The van der Waals surface area contributed by atoms with Crippen LogP contribution in [0.15, 0.2) is 10.1 Å². The molecule has 68 valence electrons. The van der Waals surface area contributed by atoms with E-state index in [2.05, 4.69) is 0 Å². The molecule has 1 fully saturated rings. The molecule has 0 aliphatic heterocycles. The summed E-state index contributed by atoms with van der Waals surface area (Å²) in [5, 5.41) is 0.451. The minimum atomic E-state index is -0.720. The van der Waals surface area contributed by atoms with E-state index in [4.69, 9.17) is 58.0 Å². The zero-order valence-corrected chi connectivity index (χ0v) is 9.66. The molecule has 2 rings (SSSR count). The minimum absolute atomic E-state index is 0.395. The molecule has 2 bridgehead atoms. The maximum atomic E-state index is 6.19. The molecule has 0 amide bonds. The van der Waals surface area contributed by atoms with Crippen LogP contribution in [0.25, 0.3) is 0 Å². The highest BCUT2D eigenvalue weighted by atomic mass is 35.5. The van der Waals surface area contributed by atoms with Crippen molar-refractivity contribution in [2.75, 3.05) is 0 Å². The Balaban J connectivity index is 2.58. The van der Waals surface area contributed by atoms with Crippen molar-refractivity contribution in [1.82, 2.24) is 0 Å². The highest BCUT2D eigenvalue weighted by molar-refractivity contribution is 6.55. The largest absolute Gasteiger partial charge is 0.118 e. The minimum Gasteiger partial charge on any atom is -0.118 e. The Morgan fingerprint density at radius 2 is 1.33 bits per heavy atom. The molecule has 5 heteroatoms. The van der Waals surface area contributed by atoms with Gasteiger partial charge in [-0.3, -0.25) is 0 Å². The van der Waals surface area contributed by atoms with Crippen LogP contribution < -0.4 is 0 Å². The number of fused-ring (bicyclic) bond motifs is 2. The topological polar surface area (TPSA) is 0 Å². The third-order valence-electron chi connectivity index (χ3n) is 2.58. The molecule has 0 aromatic heterocycles. The van der Waals surface area contributed by atoms with Crippen molar-refractivity contribution in [1.29, 1.82) is 0 Å². The van der Waals surface area contributed by atoms with Crippen LogP contribution in [0.3, 0.4) is 0 Å². The van der Waals surface area contributed by atoms with Crippen molar-refractivity contribution in [3.63, 3.8) is 0 Å². The first-order valence-corrected chi connectivity index (χ1v) is 5.46. The molecule has 12 heavy (non-hydrogen) atoms. The maximum absolute atomic E-state index is 6.19. The van der Waals surface area contributed by atoms with E-state index in [0.29, 0.717) is 22.9 Å². The van der Waals surface area contributed by atoms with Crippen molar-refractivity contribution in [3.05, 3.63) is 10.1 Å². The third kappa shape index (κ3) is 0.887. The predicted octanol–water partition coefficient (Wildman–Crippen LogP) is 4.05. The molecule has 0 nitrogen and oxygen atoms in total. The number of rotatable bonds is 0. The predicted molar refractivity (Wildman–Crippen MR) is 54.8 cm³/mol. The first-order chi connectivity index (χ1) is 5.43. The van der Waals surface area contributed by atoms with E-state index in [0.717, 1.165) is 0 Å². The normalized spacial score (nSPS) is 52.2. The van der Waals surface area contributed by atoms with Crippen LogP contribution in [0.4, 0.5) is 0 Å². The molecular formula is C7H5Cl5. The fourth-order valence-corrected chi connectivity index (χ4v) is 3.98. The Morgan fingerprint density at radius 3 is 1.50 bits per heavy atom. The van der Waals surface area contributed by atoms with Crippen molar-refractivity contribution < 1.29 is 0 Å². The average Bonchev–Trinajstić information content (AvgIpc) is 2.33. The molecule has 0 saturated heterocycles. The van der Waals surface area contributed by atoms with Gasteiger partial charge in [0.15, 0.2) is 0 Å². The van der Waals surface area contributed by atoms with E-state index < -0.39 is 15.1 Å². The molecule has 2 aliphatic rings. The third-order valence-corrected chi connectivity index (χ3v) is 6.08. The molecular weight excluding hydrogens is 261 g/mol. The molecule has 1 saturated carbocycles. The van der Waals surface area contributed by atoms with Gasteiger partial charge >= 0.3 is 0 Å². The highest BCUT2D eigenvalue weighted by Gasteiger charge is 2.65. The summed E-state index contributed by atoms with van der Waals surface area (Å²) in [6, 6.07) is 0. The van der Waals surface area contributed by atoms with Gasteiger partial charge in [0.05, 0.1) is 25.2 Å². The van der Waals surface area contributed by atoms with Crippen LogP contribution in [0, 0.1) is 0 Å². The number of hydrogen-bond acceptors (Lipinski definition) is 0. The standard InChI is InChI=1S/C7H5Cl5/c8-3-4(9)7(12)2-1-6(3,11)5(7)10/h5H,1-2H2/t5?,6-,7+. The van der Waals surface area contributed by atoms with Gasteiger partial charge in [0.2, 0.25) is 0 Å². The summed E-state index contributed by atoms with van der Waals surface area (Å²) in [7, 11) is 0. The second-order valence-corrected chi connectivity index (χ2v) is 5.76. The van der Waals surface area contributed by atoms with Crippen LogP contribution in [0.5, 0.6) is 0 Å². The lowest BCUT2D eigenvalue weighted by molar-refractivity contribution is 0.724. The molecule has 0 heterocycles. The van der Waals surface area contributed by atoms with E-state index in [1.807, 2.05) is 0 Å². The molecule has 0 radical (unpaired) electrons. The smallest absolute Gasteiger partial charge is 0.0997 e. The summed E-state index contributed by atoms with van der Waals surface area (Å²) < 4.78 is 0. The monoisotopic (exact) mass is 264 g/mol. The van der Waals surface area contributed by atoms with E-state index in [-0.39, 0.29) is 0 Å². The number of alkyl halides is 3. The van der Waals surface area contributed by atoms with Gasteiger partial charge in [-0.25, -0.2) is 0 Å². The van der Waals surface area contributed by atoms with Crippen molar-refractivity contribution >= 4 is 58.0 Å². The van der Waals surface area contributed by atoms with Crippen molar-refractivity contribution in [2.24, 2.45) is 0 Å². The van der Waals surface area contributed by atoms with Gasteiger partial charge in [0, 0.05) is 0 Å². The van der Waals surface area contributed by atoms with E-state index in [1.54, 1.807) is 0 Å². The summed E-state index contributed by atoms with van der Waals surface area (Å²) in [6.07, 6.45) is 1.39. The summed E-state index contributed by atoms with van der Waals surface area (Å²) in [4.78, 5) is -1.44.